The predicted octanol–water partition coefficient (Wildman–Crippen LogP) is 2.12. The van der Waals surface area contributed by atoms with E-state index in [1.807, 2.05) is 0 Å². The van der Waals surface area contributed by atoms with E-state index in [0.29, 0.717) is 17.5 Å². The third kappa shape index (κ3) is 4.83. The van der Waals surface area contributed by atoms with Gasteiger partial charge in [-0.3, -0.25) is 0 Å². The molecular formula is C12H25NO2S. The Hall–Kier alpha value is -0.0900. The summed E-state index contributed by atoms with van der Waals surface area (Å²) in [5.74, 6) is 0.729. The normalized spacial score (nSPS) is 26.5. The van der Waals surface area contributed by atoms with Crippen LogP contribution >= 0.6 is 0 Å². The van der Waals surface area contributed by atoms with Gasteiger partial charge in [0.15, 0.2) is 9.84 Å². The van der Waals surface area contributed by atoms with Crippen molar-refractivity contribution >= 4 is 9.84 Å². The highest BCUT2D eigenvalue weighted by Gasteiger charge is 2.25. The van der Waals surface area contributed by atoms with Crippen LogP contribution in [0.5, 0.6) is 0 Å². The first-order valence-electron chi connectivity index (χ1n) is 6.54. The summed E-state index contributed by atoms with van der Waals surface area (Å²) in [6.45, 7) is 4.36. The molecule has 3 nitrogen and oxygen atoms in total. The molecule has 1 aliphatic heterocycles. The zero-order valence-corrected chi connectivity index (χ0v) is 11.4. The van der Waals surface area contributed by atoms with Crippen LogP contribution in [0.15, 0.2) is 0 Å². The molecule has 2 unspecified atom stereocenters. The molecule has 16 heavy (non-hydrogen) atoms. The predicted molar refractivity (Wildman–Crippen MR) is 68.4 cm³/mol. The molecule has 0 amide bonds. The number of rotatable bonds is 6. The van der Waals surface area contributed by atoms with Crippen molar-refractivity contribution in [3.63, 3.8) is 0 Å². The van der Waals surface area contributed by atoms with Crippen LogP contribution in [-0.2, 0) is 9.84 Å². The molecule has 2 atom stereocenters. The van der Waals surface area contributed by atoms with E-state index in [0.717, 1.165) is 19.3 Å². The van der Waals surface area contributed by atoms with E-state index in [2.05, 4.69) is 19.2 Å². The monoisotopic (exact) mass is 247 g/mol. The van der Waals surface area contributed by atoms with Crippen molar-refractivity contribution in [3.8, 4) is 0 Å². The minimum atomic E-state index is -2.77. The summed E-state index contributed by atoms with van der Waals surface area (Å²) < 4.78 is 23.0. The highest BCUT2D eigenvalue weighted by Crippen LogP contribution is 2.14. The maximum absolute atomic E-state index is 11.5. The molecule has 1 fully saturated rings. The standard InChI is InChI=1S/C12H25NO2S/c1-3-5-7-11(4-2)13-12-8-6-9-16(14,15)10-12/h11-13H,3-10H2,1-2H3. The molecule has 0 aromatic rings. The maximum Gasteiger partial charge on any atom is 0.151 e. The van der Waals surface area contributed by atoms with Gasteiger partial charge in [0.25, 0.3) is 0 Å². The Bertz CT molecular complexity index is 287. The van der Waals surface area contributed by atoms with Gasteiger partial charge in [-0.25, -0.2) is 8.42 Å². The van der Waals surface area contributed by atoms with Crippen molar-refractivity contribution in [2.24, 2.45) is 0 Å². The van der Waals surface area contributed by atoms with Crippen LogP contribution < -0.4 is 5.32 Å². The minimum absolute atomic E-state index is 0.195. The summed E-state index contributed by atoms with van der Waals surface area (Å²) in [4.78, 5) is 0. The molecular weight excluding hydrogens is 222 g/mol. The fourth-order valence-corrected chi connectivity index (χ4v) is 3.99. The molecule has 1 rings (SSSR count). The molecule has 0 aliphatic carbocycles. The first-order valence-corrected chi connectivity index (χ1v) is 8.36. The molecule has 0 saturated carbocycles. The molecule has 0 radical (unpaired) electrons. The van der Waals surface area contributed by atoms with Crippen molar-refractivity contribution in [1.82, 2.24) is 5.32 Å². The molecule has 1 heterocycles. The highest BCUT2D eigenvalue weighted by molar-refractivity contribution is 7.91. The highest BCUT2D eigenvalue weighted by atomic mass is 32.2. The molecule has 0 aromatic carbocycles. The van der Waals surface area contributed by atoms with Gasteiger partial charge >= 0.3 is 0 Å². The number of hydrogen-bond acceptors (Lipinski definition) is 3. The molecule has 4 heteroatoms. The van der Waals surface area contributed by atoms with Crippen LogP contribution in [0, 0.1) is 0 Å². The average Bonchev–Trinajstić information content (AvgIpc) is 2.22. The first-order chi connectivity index (χ1) is 7.57. The van der Waals surface area contributed by atoms with Gasteiger partial charge in [-0.05, 0) is 25.7 Å². The van der Waals surface area contributed by atoms with Crippen LogP contribution in [0.25, 0.3) is 0 Å². The number of hydrogen-bond donors (Lipinski definition) is 1. The van der Waals surface area contributed by atoms with Gasteiger partial charge in [0.1, 0.15) is 0 Å². The van der Waals surface area contributed by atoms with Gasteiger partial charge in [0.2, 0.25) is 0 Å². The van der Waals surface area contributed by atoms with E-state index in [-0.39, 0.29) is 6.04 Å². The van der Waals surface area contributed by atoms with E-state index >= 15 is 0 Å². The SMILES string of the molecule is CCCCC(CC)NC1CCCS(=O)(=O)C1. The zero-order chi connectivity index (χ0) is 12.0. The van der Waals surface area contributed by atoms with Crippen molar-refractivity contribution in [1.29, 1.82) is 0 Å². The van der Waals surface area contributed by atoms with Crippen LogP contribution in [0.3, 0.4) is 0 Å². The minimum Gasteiger partial charge on any atom is -0.310 e. The van der Waals surface area contributed by atoms with Crippen LogP contribution in [0.4, 0.5) is 0 Å². The zero-order valence-electron chi connectivity index (χ0n) is 10.5. The van der Waals surface area contributed by atoms with Gasteiger partial charge in [-0.2, -0.15) is 0 Å². The van der Waals surface area contributed by atoms with Crippen molar-refractivity contribution in [3.05, 3.63) is 0 Å². The molecule has 1 N–H and O–H groups in total. The number of nitrogens with one attached hydrogen (secondary N) is 1. The average molecular weight is 247 g/mol. The fraction of sp³-hybridized carbons (Fsp3) is 1.00. The summed E-state index contributed by atoms with van der Waals surface area (Å²) >= 11 is 0. The lowest BCUT2D eigenvalue weighted by molar-refractivity contribution is 0.382. The lowest BCUT2D eigenvalue weighted by Crippen LogP contribution is -2.45. The molecule has 0 spiro atoms. The molecule has 0 aromatic heterocycles. The largest absolute Gasteiger partial charge is 0.310 e. The third-order valence-corrected chi connectivity index (χ3v) is 5.15. The molecule has 0 bridgehead atoms. The quantitative estimate of drug-likeness (QED) is 0.782. The molecule has 96 valence electrons. The van der Waals surface area contributed by atoms with Gasteiger partial charge < -0.3 is 5.32 Å². The molecule has 1 aliphatic rings. The van der Waals surface area contributed by atoms with E-state index in [1.165, 1.54) is 19.3 Å². The van der Waals surface area contributed by atoms with Gasteiger partial charge in [0, 0.05) is 12.1 Å². The maximum atomic E-state index is 11.5. The van der Waals surface area contributed by atoms with Crippen LogP contribution in [-0.4, -0.2) is 32.0 Å². The van der Waals surface area contributed by atoms with E-state index in [1.54, 1.807) is 0 Å². The molecule has 1 saturated heterocycles. The van der Waals surface area contributed by atoms with E-state index in [4.69, 9.17) is 0 Å². The Morgan fingerprint density at radius 3 is 2.69 bits per heavy atom. The fourth-order valence-electron chi connectivity index (χ4n) is 2.34. The van der Waals surface area contributed by atoms with Gasteiger partial charge in [0.05, 0.1) is 11.5 Å². The second-order valence-electron chi connectivity index (χ2n) is 4.87. The van der Waals surface area contributed by atoms with Crippen molar-refractivity contribution in [2.75, 3.05) is 11.5 Å². The Labute approximate surface area is 99.9 Å². The third-order valence-electron chi connectivity index (χ3n) is 3.33. The summed E-state index contributed by atoms with van der Waals surface area (Å²) in [6.07, 6.45) is 6.54. The topological polar surface area (TPSA) is 46.2 Å². The first kappa shape index (κ1) is 14.0. The Morgan fingerprint density at radius 2 is 2.12 bits per heavy atom. The van der Waals surface area contributed by atoms with Gasteiger partial charge in [-0.1, -0.05) is 26.7 Å². The van der Waals surface area contributed by atoms with E-state index in [9.17, 15) is 8.42 Å². The van der Waals surface area contributed by atoms with E-state index < -0.39 is 9.84 Å². The summed E-state index contributed by atoms with van der Waals surface area (Å²) in [6, 6.07) is 0.693. The van der Waals surface area contributed by atoms with Crippen molar-refractivity contribution < 1.29 is 8.42 Å². The summed E-state index contributed by atoms with van der Waals surface area (Å²) in [5, 5.41) is 3.52. The lowest BCUT2D eigenvalue weighted by Gasteiger charge is -2.28. The number of sulfone groups is 1. The number of unbranched alkanes of at least 4 members (excludes halogenated alkanes) is 1. The van der Waals surface area contributed by atoms with Crippen LogP contribution in [0.2, 0.25) is 0 Å². The summed E-state index contributed by atoms with van der Waals surface area (Å²) in [5.41, 5.74) is 0. The lowest BCUT2D eigenvalue weighted by atomic mass is 10.1. The summed E-state index contributed by atoms with van der Waals surface area (Å²) in [7, 11) is -2.77. The van der Waals surface area contributed by atoms with Gasteiger partial charge in [-0.15, -0.1) is 0 Å². The van der Waals surface area contributed by atoms with Crippen molar-refractivity contribution in [2.45, 2.75) is 64.5 Å². The Balaban J connectivity index is 2.39. The Kier molecular flexibility index (Phi) is 5.76. The Morgan fingerprint density at radius 1 is 1.38 bits per heavy atom. The van der Waals surface area contributed by atoms with Crippen LogP contribution in [0.1, 0.15) is 52.4 Å². The smallest absolute Gasteiger partial charge is 0.151 e. The second-order valence-corrected chi connectivity index (χ2v) is 7.10. The second kappa shape index (κ2) is 6.60.